The van der Waals surface area contributed by atoms with Gasteiger partial charge in [-0.15, -0.1) is 11.3 Å². The number of amides is 1. The second kappa shape index (κ2) is 5.87. The molecule has 0 saturated heterocycles. The number of aromatic nitrogens is 1. The highest BCUT2D eigenvalue weighted by Crippen LogP contribution is 2.25. The van der Waals surface area contributed by atoms with Crippen LogP contribution in [-0.2, 0) is 16.0 Å². The topological polar surface area (TPSA) is 92.4 Å². The summed E-state index contributed by atoms with van der Waals surface area (Å²) in [6.07, 6.45) is 0.0494. The molecule has 2 N–H and O–H groups in total. The van der Waals surface area contributed by atoms with Crippen LogP contribution in [-0.4, -0.2) is 28.0 Å². The number of thiazole rings is 1. The number of carbonyl (C=O) groups is 2. The predicted molar refractivity (Wildman–Crippen MR) is 73.5 cm³/mol. The van der Waals surface area contributed by atoms with E-state index in [4.69, 9.17) is 9.52 Å². The molecule has 20 heavy (non-hydrogen) atoms. The molecule has 0 spiro atoms. The normalized spacial score (nSPS) is 12.1. The Morgan fingerprint density at radius 2 is 2.25 bits per heavy atom. The lowest BCUT2D eigenvalue weighted by molar-refractivity contribution is -0.141. The first-order chi connectivity index (χ1) is 9.45. The van der Waals surface area contributed by atoms with E-state index < -0.39 is 12.0 Å². The molecule has 0 aliphatic rings. The third-order valence-corrected chi connectivity index (χ3v) is 3.50. The average molecular weight is 294 g/mol. The highest BCUT2D eigenvalue weighted by Gasteiger charge is 2.16. The van der Waals surface area contributed by atoms with Crippen molar-refractivity contribution in [2.45, 2.75) is 26.3 Å². The molecule has 2 heterocycles. The summed E-state index contributed by atoms with van der Waals surface area (Å²) >= 11 is 1.38. The molecule has 1 atom stereocenters. The van der Waals surface area contributed by atoms with E-state index in [1.54, 1.807) is 5.38 Å². The Kier molecular flexibility index (Phi) is 4.19. The van der Waals surface area contributed by atoms with E-state index in [9.17, 15) is 9.59 Å². The molecule has 2 aromatic heterocycles. The Morgan fingerprint density at radius 1 is 1.50 bits per heavy atom. The number of carboxylic acid groups (broad SMARTS) is 1. The zero-order chi connectivity index (χ0) is 14.7. The molecule has 106 valence electrons. The molecular formula is C13H14N2O4S. The maximum absolute atomic E-state index is 11.6. The molecule has 1 amide bonds. The van der Waals surface area contributed by atoms with Gasteiger partial charge in [-0.2, -0.15) is 0 Å². The van der Waals surface area contributed by atoms with Crippen LogP contribution in [0.25, 0.3) is 10.8 Å². The lowest BCUT2D eigenvalue weighted by atomic mass is 10.3. The van der Waals surface area contributed by atoms with Gasteiger partial charge in [-0.05, 0) is 26.0 Å². The molecule has 0 saturated carbocycles. The van der Waals surface area contributed by atoms with Crippen molar-refractivity contribution in [1.82, 2.24) is 10.3 Å². The number of furan rings is 1. The molecule has 0 aliphatic carbocycles. The van der Waals surface area contributed by atoms with Crippen molar-refractivity contribution in [3.63, 3.8) is 0 Å². The van der Waals surface area contributed by atoms with E-state index in [0.717, 1.165) is 5.76 Å². The van der Waals surface area contributed by atoms with Crippen molar-refractivity contribution in [2.75, 3.05) is 0 Å². The number of nitrogens with zero attached hydrogens (tertiary/aromatic N) is 1. The van der Waals surface area contributed by atoms with E-state index in [-0.39, 0.29) is 12.3 Å². The summed E-state index contributed by atoms with van der Waals surface area (Å²) in [5.74, 6) is 0.0265. The van der Waals surface area contributed by atoms with Gasteiger partial charge in [-0.3, -0.25) is 9.59 Å². The van der Waals surface area contributed by atoms with Gasteiger partial charge in [0.1, 0.15) is 11.8 Å². The predicted octanol–water partition coefficient (Wildman–Crippen LogP) is 1.84. The van der Waals surface area contributed by atoms with Crippen LogP contribution in [0, 0.1) is 6.92 Å². The zero-order valence-electron chi connectivity index (χ0n) is 11.0. The Balaban J connectivity index is 1.99. The van der Waals surface area contributed by atoms with Crippen molar-refractivity contribution in [3.05, 3.63) is 29.0 Å². The number of aryl methyl sites for hydroxylation is 1. The van der Waals surface area contributed by atoms with Gasteiger partial charge in [-0.25, -0.2) is 4.98 Å². The lowest BCUT2D eigenvalue weighted by Crippen LogP contribution is -2.39. The van der Waals surface area contributed by atoms with Crippen LogP contribution in [0.1, 0.15) is 18.4 Å². The van der Waals surface area contributed by atoms with Gasteiger partial charge in [0, 0.05) is 5.38 Å². The molecule has 2 rings (SSSR count). The zero-order valence-corrected chi connectivity index (χ0v) is 11.9. The molecule has 0 bridgehead atoms. The maximum Gasteiger partial charge on any atom is 0.325 e. The SMILES string of the molecule is Cc1ccc(-c2nc(CC(=O)N[C@H](C)C(=O)O)cs2)o1. The van der Waals surface area contributed by atoms with Crippen LogP contribution in [0.3, 0.4) is 0 Å². The Bertz CT molecular complexity index is 632. The Labute approximate surface area is 119 Å². The molecule has 7 heteroatoms. The van der Waals surface area contributed by atoms with Gasteiger partial charge in [0.15, 0.2) is 10.8 Å². The second-order valence-corrected chi connectivity index (χ2v) is 5.22. The van der Waals surface area contributed by atoms with Crippen LogP contribution in [0.4, 0.5) is 0 Å². The van der Waals surface area contributed by atoms with E-state index >= 15 is 0 Å². The van der Waals surface area contributed by atoms with Gasteiger partial charge < -0.3 is 14.8 Å². The second-order valence-electron chi connectivity index (χ2n) is 4.36. The smallest absolute Gasteiger partial charge is 0.325 e. The molecule has 0 radical (unpaired) electrons. The van der Waals surface area contributed by atoms with Crippen molar-refractivity contribution in [3.8, 4) is 10.8 Å². The molecular weight excluding hydrogens is 280 g/mol. The average Bonchev–Trinajstić information content (AvgIpc) is 2.97. The van der Waals surface area contributed by atoms with Crippen LogP contribution in [0.2, 0.25) is 0 Å². The first-order valence-electron chi connectivity index (χ1n) is 5.99. The van der Waals surface area contributed by atoms with Gasteiger partial charge in [0.05, 0.1) is 12.1 Å². The third-order valence-electron chi connectivity index (χ3n) is 2.59. The van der Waals surface area contributed by atoms with E-state index in [0.29, 0.717) is 16.5 Å². The number of carbonyl (C=O) groups excluding carboxylic acids is 1. The van der Waals surface area contributed by atoms with Crippen molar-refractivity contribution in [1.29, 1.82) is 0 Å². The van der Waals surface area contributed by atoms with Gasteiger partial charge in [-0.1, -0.05) is 0 Å². The number of aliphatic carboxylic acids is 1. The lowest BCUT2D eigenvalue weighted by Gasteiger charge is -2.07. The number of nitrogens with one attached hydrogen (secondary N) is 1. The standard InChI is InChI=1S/C13H14N2O4S/c1-7-3-4-10(19-7)12-15-9(6-20-12)5-11(16)14-8(2)13(17)18/h3-4,6,8H,5H2,1-2H3,(H,14,16)(H,17,18)/t8-/m1/s1. The number of hydrogen-bond acceptors (Lipinski definition) is 5. The van der Waals surface area contributed by atoms with Crippen LogP contribution >= 0.6 is 11.3 Å². The summed E-state index contributed by atoms with van der Waals surface area (Å²) in [5.41, 5.74) is 0.592. The van der Waals surface area contributed by atoms with Gasteiger partial charge in [0.25, 0.3) is 0 Å². The van der Waals surface area contributed by atoms with E-state index in [1.165, 1.54) is 18.3 Å². The minimum atomic E-state index is -1.07. The summed E-state index contributed by atoms with van der Waals surface area (Å²) in [5, 5.41) is 13.6. The monoisotopic (exact) mass is 294 g/mol. The van der Waals surface area contributed by atoms with Crippen LogP contribution in [0.5, 0.6) is 0 Å². The Morgan fingerprint density at radius 3 is 2.85 bits per heavy atom. The third kappa shape index (κ3) is 3.45. The summed E-state index contributed by atoms with van der Waals surface area (Å²) in [7, 11) is 0. The van der Waals surface area contributed by atoms with E-state index in [2.05, 4.69) is 10.3 Å². The first kappa shape index (κ1) is 14.3. The summed E-state index contributed by atoms with van der Waals surface area (Å²) in [6, 6.07) is 2.76. The fourth-order valence-electron chi connectivity index (χ4n) is 1.57. The Hall–Kier alpha value is -2.15. The fraction of sp³-hybridized carbons (Fsp3) is 0.308. The number of rotatable bonds is 5. The van der Waals surface area contributed by atoms with Gasteiger partial charge >= 0.3 is 5.97 Å². The largest absolute Gasteiger partial charge is 0.480 e. The number of carboxylic acids is 1. The summed E-state index contributed by atoms with van der Waals surface area (Å²) < 4.78 is 5.45. The highest BCUT2D eigenvalue weighted by molar-refractivity contribution is 7.13. The minimum absolute atomic E-state index is 0.0494. The molecule has 2 aromatic rings. The van der Waals surface area contributed by atoms with Crippen LogP contribution < -0.4 is 5.32 Å². The molecule has 0 aromatic carbocycles. The molecule has 0 aliphatic heterocycles. The molecule has 6 nitrogen and oxygen atoms in total. The highest BCUT2D eigenvalue weighted by atomic mass is 32.1. The first-order valence-corrected chi connectivity index (χ1v) is 6.87. The number of hydrogen-bond donors (Lipinski definition) is 2. The van der Waals surface area contributed by atoms with Crippen molar-refractivity contribution < 1.29 is 19.1 Å². The quantitative estimate of drug-likeness (QED) is 0.877. The van der Waals surface area contributed by atoms with Gasteiger partial charge in [0.2, 0.25) is 5.91 Å². The maximum atomic E-state index is 11.6. The molecule has 0 fully saturated rings. The van der Waals surface area contributed by atoms with Crippen LogP contribution in [0.15, 0.2) is 21.9 Å². The fourth-order valence-corrected chi connectivity index (χ4v) is 2.35. The van der Waals surface area contributed by atoms with Crippen molar-refractivity contribution >= 4 is 23.2 Å². The summed E-state index contributed by atoms with van der Waals surface area (Å²) in [6.45, 7) is 3.26. The molecule has 0 unspecified atom stereocenters. The minimum Gasteiger partial charge on any atom is -0.480 e. The summed E-state index contributed by atoms with van der Waals surface area (Å²) in [4.78, 5) is 26.6. The van der Waals surface area contributed by atoms with E-state index in [1.807, 2.05) is 19.1 Å². The van der Waals surface area contributed by atoms with Crippen molar-refractivity contribution in [2.24, 2.45) is 0 Å².